The van der Waals surface area contributed by atoms with E-state index in [0.717, 1.165) is 12.8 Å². The minimum atomic E-state index is 0.648. The fourth-order valence-corrected chi connectivity index (χ4v) is 1.52. The zero-order valence-electron chi connectivity index (χ0n) is 9.31. The van der Waals surface area contributed by atoms with E-state index in [9.17, 15) is 0 Å². The Kier molecular flexibility index (Phi) is 3.66. The van der Waals surface area contributed by atoms with Crippen molar-refractivity contribution in [2.45, 2.75) is 19.4 Å². The second-order valence-electron chi connectivity index (χ2n) is 3.62. The largest absolute Gasteiger partial charge is 0.339 e. The Bertz CT molecular complexity index is 425. The molecule has 0 radical (unpaired) electrons. The molecule has 4 nitrogen and oxygen atoms in total. The molecule has 4 heteroatoms. The summed E-state index contributed by atoms with van der Waals surface area (Å²) in [5.74, 6) is 1.42. The van der Waals surface area contributed by atoms with Crippen LogP contribution in [0.15, 0.2) is 34.9 Å². The fourth-order valence-electron chi connectivity index (χ4n) is 1.52. The number of rotatable bonds is 5. The summed E-state index contributed by atoms with van der Waals surface area (Å²) in [7, 11) is 1.86. The van der Waals surface area contributed by atoms with E-state index in [-0.39, 0.29) is 0 Å². The standard InChI is InChI=1S/C12H15N3O/c1-13-9-11-14-12(16-15-11)8-7-10-5-3-2-4-6-10/h2-6,13H,7-9H2,1H3. The summed E-state index contributed by atoms with van der Waals surface area (Å²) in [5.41, 5.74) is 1.29. The summed E-state index contributed by atoms with van der Waals surface area (Å²) in [4.78, 5) is 4.27. The van der Waals surface area contributed by atoms with Crippen molar-refractivity contribution in [3.8, 4) is 0 Å². The van der Waals surface area contributed by atoms with Gasteiger partial charge in [-0.1, -0.05) is 35.5 Å². The third-order valence-corrected chi connectivity index (χ3v) is 2.32. The van der Waals surface area contributed by atoms with Crippen LogP contribution >= 0.6 is 0 Å². The molecule has 0 spiro atoms. The Morgan fingerprint density at radius 2 is 2.00 bits per heavy atom. The molecule has 16 heavy (non-hydrogen) atoms. The highest BCUT2D eigenvalue weighted by Gasteiger charge is 2.05. The second kappa shape index (κ2) is 5.42. The Labute approximate surface area is 94.7 Å². The Morgan fingerprint density at radius 1 is 1.19 bits per heavy atom. The van der Waals surface area contributed by atoms with Crippen molar-refractivity contribution in [1.29, 1.82) is 0 Å². The maximum atomic E-state index is 5.14. The van der Waals surface area contributed by atoms with Crippen LogP contribution in [0.4, 0.5) is 0 Å². The molecule has 1 N–H and O–H groups in total. The highest BCUT2D eigenvalue weighted by Crippen LogP contribution is 2.05. The predicted molar refractivity (Wildman–Crippen MR) is 60.9 cm³/mol. The molecule has 0 aliphatic rings. The topological polar surface area (TPSA) is 51.0 Å². The van der Waals surface area contributed by atoms with Crippen molar-refractivity contribution in [3.63, 3.8) is 0 Å². The van der Waals surface area contributed by atoms with Gasteiger partial charge in [-0.05, 0) is 19.0 Å². The maximum absolute atomic E-state index is 5.14. The molecule has 0 bridgehead atoms. The van der Waals surface area contributed by atoms with Crippen molar-refractivity contribution in [3.05, 3.63) is 47.6 Å². The van der Waals surface area contributed by atoms with Crippen LogP contribution in [0, 0.1) is 0 Å². The Morgan fingerprint density at radius 3 is 2.75 bits per heavy atom. The van der Waals surface area contributed by atoms with E-state index in [1.54, 1.807) is 0 Å². The van der Waals surface area contributed by atoms with Crippen LogP contribution in [0.1, 0.15) is 17.3 Å². The average molecular weight is 217 g/mol. The highest BCUT2D eigenvalue weighted by molar-refractivity contribution is 5.15. The van der Waals surface area contributed by atoms with Gasteiger partial charge in [0, 0.05) is 6.42 Å². The zero-order valence-corrected chi connectivity index (χ0v) is 9.31. The lowest BCUT2D eigenvalue weighted by Gasteiger charge is -1.96. The molecule has 0 aliphatic heterocycles. The van der Waals surface area contributed by atoms with E-state index in [4.69, 9.17) is 4.52 Å². The summed E-state index contributed by atoms with van der Waals surface area (Å²) in [6.45, 7) is 0.648. The quantitative estimate of drug-likeness (QED) is 0.826. The summed E-state index contributed by atoms with van der Waals surface area (Å²) in [5, 5.41) is 6.86. The third kappa shape index (κ3) is 2.90. The van der Waals surface area contributed by atoms with Crippen LogP contribution < -0.4 is 5.32 Å². The van der Waals surface area contributed by atoms with Crippen LogP contribution in [0.3, 0.4) is 0 Å². The van der Waals surface area contributed by atoms with Gasteiger partial charge in [0.2, 0.25) is 5.89 Å². The summed E-state index contributed by atoms with van der Waals surface area (Å²) >= 11 is 0. The van der Waals surface area contributed by atoms with Crippen molar-refractivity contribution >= 4 is 0 Å². The molecule has 0 amide bonds. The minimum Gasteiger partial charge on any atom is -0.339 e. The number of nitrogens with zero attached hydrogens (tertiary/aromatic N) is 2. The summed E-state index contributed by atoms with van der Waals surface area (Å²) in [6.07, 6.45) is 1.72. The number of nitrogens with one attached hydrogen (secondary N) is 1. The SMILES string of the molecule is CNCc1noc(CCc2ccccc2)n1. The molecule has 84 valence electrons. The van der Waals surface area contributed by atoms with Crippen molar-refractivity contribution in [1.82, 2.24) is 15.5 Å². The van der Waals surface area contributed by atoms with Gasteiger partial charge in [0.05, 0.1) is 6.54 Å². The van der Waals surface area contributed by atoms with E-state index in [2.05, 4.69) is 27.6 Å². The van der Waals surface area contributed by atoms with Crippen LogP contribution in [0.2, 0.25) is 0 Å². The van der Waals surface area contributed by atoms with Crippen molar-refractivity contribution < 1.29 is 4.52 Å². The van der Waals surface area contributed by atoms with Gasteiger partial charge in [-0.2, -0.15) is 4.98 Å². The first-order valence-corrected chi connectivity index (χ1v) is 5.38. The molecule has 0 atom stereocenters. The summed E-state index contributed by atoms with van der Waals surface area (Å²) < 4.78 is 5.14. The van der Waals surface area contributed by atoms with Gasteiger partial charge in [-0.25, -0.2) is 0 Å². The monoisotopic (exact) mass is 217 g/mol. The summed E-state index contributed by atoms with van der Waals surface area (Å²) in [6, 6.07) is 10.3. The van der Waals surface area contributed by atoms with Crippen LogP contribution in [-0.2, 0) is 19.4 Å². The van der Waals surface area contributed by atoms with E-state index >= 15 is 0 Å². The van der Waals surface area contributed by atoms with Crippen molar-refractivity contribution in [2.75, 3.05) is 7.05 Å². The van der Waals surface area contributed by atoms with Gasteiger partial charge in [-0.15, -0.1) is 0 Å². The van der Waals surface area contributed by atoms with E-state index < -0.39 is 0 Å². The fraction of sp³-hybridized carbons (Fsp3) is 0.333. The lowest BCUT2D eigenvalue weighted by molar-refractivity contribution is 0.372. The molecule has 0 saturated carbocycles. The second-order valence-corrected chi connectivity index (χ2v) is 3.62. The smallest absolute Gasteiger partial charge is 0.227 e. The van der Waals surface area contributed by atoms with Gasteiger partial charge in [0.15, 0.2) is 5.82 Å². The normalized spacial score (nSPS) is 10.6. The minimum absolute atomic E-state index is 0.648. The molecule has 1 heterocycles. The number of aryl methyl sites for hydroxylation is 2. The first-order chi connectivity index (χ1) is 7.88. The average Bonchev–Trinajstić information content (AvgIpc) is 2.76. The Balaban J connectivity index is 1.89. The first kappa shape index (κ1) is 10.8. The molecule has 2 aromatic rings. The van der Waals surface area contributed by atoms with Gasteiger partial charge >= 0.3 is 0 Å². The van der Waals surface area contributed by atoms with Gasteiger partial charge in [0.1, 0.15) is 0 Å². The van der Waals surface area contributed by atoms with Gasteiger partial charge < -0.3 is 9.84 Å². The Hall–Kier alpha value is -1.68. The molecule has 1 aromatic carbocycles. The van der Waals surface area contributed by atoms with Crippen LogP contribution in [0.25, 0.3) is 0 Å². The molecule has 0 aliphatic carbocycles. The molecule has 2 rings (SSSR count). The molecule has 1 aromatic heterocycles. The first-order valence-electron chi connectivity index (χ1n) is 5.38. The molecular weight excluding hydrogens is 202 g/mol. The van der Waals surface area contributed by atoms with E-state index in [1.165, 1.54) is 5.56 Å². The van der Waals surface area contributed by atoms with Crippen LogP contribution in [0.5, 0.6) is 0 Å². The predicted octanol–water partition coefficient (Wildman–Crippen LogP) is 1.57. The van der Waals surface area contributed by atoms with Crippen LogP contribution in [-0.4, -0.2) is 17.2 Å². The molecule has 0 unspecified atom stereocenters. The highest BCUT2D eigenvalue weighted by atomic mass is 16.5. The maximum Gasteiger partial charge on any atom is 0.227 e. The molecule has 0 saturated heterocycles. The molecular formula is C12H15N3O. The zero-order chi connectivity index (χ0) is 11.2. The van der Waals surface area contributed by atoms with E-state index in [0.29, 0.717) is 18.3 Å². The number of hydrogen-bond donors (Lipinski definition) is 1. The van der Waals surface area contributed by atoms with Crippen molar-refractivity contribution in [2.24, 2.45) is 0 Å². The number of benzene rings is 1. The number of aromatic nitrogens is 2. The van der Waals surface area contributed by atoms with Gasteiger partial charge in [0.25, 0.3) is 0 Å². The molecule has 0 fully saturated rings. The number of hydrogen-bond acceptors (Lipinski definition) is 4. The lowest BCUT2D eigenvalue weighted by Crippen LogP contribution is -2.06. The van der Waals surface area contributed by atoms with E-state index in [1.807, 2.05) is 25.2 Å². The lowest BCUT2D eigenvalue weighted by atomic mass is 10.1. The van der Waals surface area contributed by atoms with Gasteiger partial charge in [-0.3, -0.25) is 0 Å². The third-order valence-electron chi connectivity index (χ3n) is 2.32.